The maximum atomic E-state index is 12.7. The van der Waals surface area contributed by atoms with Crippen LogP contribution in [-0.2, 0) is 4.79 Å². The van der Waals surface area contributed by atoms with Crippen molar-refractivity contribution in [2.24, 2.45) is 11.3 Å². The predicted molar refractivity (Wildman–Crippen MR) is 110 cm³/mol. The lowest BCUT2D eigenvalue weighted by molar-refractivity contribution is -0.123. The largest absolute Gasteiger partial charge is 0.349 e. The van der Waals surface area contributed by atoms with E-state index in [4.69, 9.17) is 0 Å². The average Bonchev–Trinajstić information content (AvgIpc) is 3.42. The van der Waals surface area contributed by atoms with Gasteiger partial charge in [-0.1, -0.05) is 30.3 Å². The van der Waals surface area contributed by atoms with Crippen LogP contribution in [0.5, 0.6) is 0 Å². The van der Waals surface area contributed by atoms with Crippen molar-refractivity contribution in [3.05, 3.63) is 65.7 Å². The molecule has 1 aliphatic heterocycles. The number of carbonyl (C=O) groups excluding carboxylic acids is 2. The van der Waals surface area contributed by atoms with Gasteiger partial charge in [-0.3, -0.25) is 9.59 Å². The Labute approximate surface area is 165 Å². The minimum atomic E-state index is -0.139. The van der Waals surface area contributed by atoms with Gasteiger partial charge in [0.1, 0.15) is 0 Å². The lowest BCUT2D eigenvalue weighted by Crippen LogP contribution is -2.34. The molecule has 2 unspecified atom stereocenters. The van der Waals surface area contributed by atoms with Crippen LogP contribution in [0.3, 0.4) is 0 Å². The highest BCUT2D eigenvalue weighted by molar-refractivity contribution is 6.04. The van der Waals surface area contributed by atoms with Gasteiger partial charge in [-0.25, -0.2) is 0 Å². The number of nitrogens with one attached hydrogen (secondary N) is 3. The van der Waals surface area contributed by atoms with E-state index < -0.39 is 0 Å². The summed E-state index contributed by atoms with van der Waals surface area (Å²) in [5, 5.41) is 9.47. The topological polar surface area (TPSA) is 70.2 Å². The molecule has 1 aliphatic carbocycles. The number of hydrogen-bond donors (Lipinski definition) is 3. The molecule has 1 saturated heterocycles. The van der Waals surface area contributed by atoms with Crippen molar-refractivity contribution in [3.8, 4) is 0 Å². The van der Waals surface area contributed by atoms with Crippen molar-refractivity contribution in [1.29, 1.82) is 0 Å². The second-order valence-electron chi connectivity index (χ2n) is 8.04. The molecule has 146 valence electrons. The van der Waals surface area contributed by atoms with Gasteiger partial charge in [-0.05, 0) is 74.5 Å². The summed E-state index contributed by atoms with van der Waals surface area (Å²) < 4.78 is 0. The summed E-state index contributed by atoms with van der Waals surface area (Å²) in [6.07, 6.45) is 3.21. The molecular weight excluding hydrogens is 350 g/mol. The fourth-order valence-corrected chi connectivity index (χ4v) is 4.27. The molecule has 0 bridgehead atoms. The van der Waals surface area contributed by atoms with Crippen LogP contribution < -0.4 is 16.0 Å². The molecule has 28 heavy (non-hydrogen) atoms. The number of anilines is 1. The van der Waals surface area contributed by atoms with Crippen molar-refractivity contribution in [2.45, 2.75) is 32.2 Å². The third kappa shape index (κ3) is 3.94. The molecule has 0 aromatic heterocycles. The highest BCUT2D eigenvalue weighted by Gasteiger charge is 2.57. The van der Waals surface area contributed by atoms with E-state index >= 15 is 0 Å². The Bertz CT molecular complexity index is 859. The van der Waals surface area contributed by atoms with E-state index in [9.17, 15) is 9.59 Å². The van der Waals surface area contributed by atoms with Crippen LogP contribution in [-0.4, -0.2) is 24.9 Å². The molecule has 2 atom stereocenters. The van der Waals surface area contributed by atoms with Crippen molar-refractivity contribution in [3.63, 3.8) is 0 Å². The summed E-state index contributed by atoms with van der Waals surface area (Å²) in [5.41, 5.74) is 2.57. The Morgan fingerprint density at radius 2 is 1.82 bits per heavy atom. The summed E-state index contributed by atoms with van der Waals surface area (Å²) in [4.78, 5) is 25.1. The molecule has 1 saturated carbocycles. The van der Waals surface area contributed by atoms with Gasteiger partial charge in [0.2, 0.25) is 5.91 Å². The number of rotatable bonds is 5. The Morgan fingerprint density at radius 3 is 2.57 bits per heavy atom. The first-order chi connectivity index (χ1) is 13.6. The second-order valence-corrected chi connectivity index (χ2v) is 8.04. The van der Waals surface area contributed by atoms with Crippen LogP contribution in [0.25, 0.3) is 0 Å². The quantitative estimate of drug-likeness (QED) is 0.747. The molecule has 5 heteroatoms. The minimum absolute atomic E-state index is 0.0968. The summed E-state index contributed by atoms with van der Waals surface area (Å²) in [7, 11) is 0. The first-order valence-corrected chi connectivity index (χ1v) is 10.0. The van der Waals surface area contributed by atoms with E-state index in [2.05, 4.69) is 16.0 Å². The zero-order valence-electron chi connectivity index (χ0n) is 16.2. The molecule has 0 radical (unpaired) electrons. The lowest BCUT2D eigenvalue weighted by atomic mass is 9.91. The monoisotopic (exact) mass is 377 g/mol. The molecule has 4 rings (SSSR count). The highest BCUT2D eigenvalue weighted by Crippen LogP contribution is 2.58. The zero-order valence-corrected chi connectivity index (χ0v) is 16.2. The molecule has 2 aliphatic rings. The van der Waals surface area contributed by atoms with Crippen LogP contribution in [0.1, 0.15) is 48.1 Å². The van der Waals surface area contributed by atoms with E-state index in [0.717, 1.165) is 43.6 Å². The third-order valence-corrected chi connectivity index (χ3v) is 6.14. The van der Waals surface area contributed by atoms with Gasteiger partial charge in [0.25, 0.3) is 5.91 Å². The normalized spacial score (nSPS) is 21.0. The van der Waals surface area contributed by atoms with Crippen molar-refractivity contribution in [1.82, 2.24) is 10.6 Å². The van der Waals surface area contributed by atoms with Gasteiger partial charge in [-0.15, -0.1) is 0 Å². The number of piperidine rings is 1. The van der Waals surface area contributed by atoms with E-state index in [1.165, 1.54) is 0 Å². The van der Waals surface area contributed by atoms with Crippen LogP contribution in [0, 0.1) is 11.3 Å². The molecule has 2 aromatic carbocycles. The van der Waals surface area contributed by atoms with Gasteiger partial charge >= 0.3 is 0 Å². The van der Waals surface area contributed by atoms with Gasteiger partial charge in [0, 0.05) is 17.2 Å². The first-order valence-electron chi connectivity index (χ1n) is 10.0. The van der Waals surface area contributed by atoms with E-state index in [1.807, 2.05) is 49.4 Å². The van der Waals surface area contributed by atoms with Crippen molar-refractivity contribution in [2.75, 3.05) is 18.4 Å². The molecule has 1 spiro atoms. The smallest absolute Gasteiger partial charge is 0.255 e. The van der Waals surface area contributed by atoms with Crippen molar-refractivity contribution < 1.29 is 9.59 Å². The fraction of sp³-hybridized carbons (Fsp3) is 0.391. The minimum Gasteiger partial charge on any atom is -0.349 e. The Hall–Kier alpha value is -2.66. The molecule has 5 nitrogen and oxygen atoms in total. The SMILES string of the molecule is CC(NC(=O)C1CC12CCNCC2)c1cccc(NC(=O)c2ccccc2)c1. The van der Waals surface area contributed by atoms with Crippen LogP contribution in [0.15, 0.2) is 54.6 Å². The van der Waals surface area contributed by atoms with Gasteiger partial charge in [0.15, 0.2) is 0 Å². The maximum absolute atomic E-state index is 12.7. The van der Waals surface area contributed by atoms with E-state index in [0.29, 0.717) is 5.56 Å². The van der Waals surface area contributed by atoms with Crippen molar-refractivity contribution >= 4 is 17.5 Å². The lowest BCUT2D eigenvalue weighted by Gasteiger charge is -2.24. The van der Waals surface area contributed by atoms with Crippen LogP contribution >= 0.6 is 0 Å². The standard InChI is InChI=1S/C23H27N3O2/c1-16(25-22(28)20-15-23(20)10-12-24-13-11-23)18-8-5-9-19(14-18)26-21(27)17-6-3-2-4-7-17/h2-9,14,16,20,24H,10-13,15H2,1H3,(H,25,28)(H,26,27). The number of hydrogen-bond acceptors (Lipinski definition) is 3. The number of carbonyl (C=O) groups is 2. The molecule has 1 heterocycles. The summed E-state index contributed by atoms with van der Waals surface area (Å²) >= 11 is 0. The summed E-state index contributed by atoms with van der Waals surface area (Å²) in [6.45, 7) is 4.03. The second kappa shape index (κ2) is 7.76. The summed E-state index contributed by atoms with van der Waals surface area (Å²) in [6, 6.07) is 16.7. The Balaban J connectivity index is 1.37. The zero-order chi connectivity index (χ0) is 19.6. The number of amides is 2. The molecule has 3 N–H and O–H groups in total. The van der Waals surface area contributed by atoms with Gasteiger partial charge in [0.05, 0.1) is 6.04 Å². The van der Waals surface area contributed by atoms with Gasteiger partial charge in [-0.2, -0.15) is 0 Å². The van der Waals surface area contributed by atoms with Crippen LogP contribution in [0.2, 0.25) is 0 Å². The molecule has 2 fully saturated rings. The van der Waals surface area contributed by atoms with E-state index in [1.54, 1.807) is 12.1 Å². The van der Waals surface area contributed by atoms with E-state index in [-0.39, 0.29) is 29.2 Å². The molecular formula is C23H27N3O2. The Kier molecular flexibility index (Phi) is 5.18. The molecule has 2 amide bonds. The number of benzene rings is 2. The van der Waals surface area contributed by atoms with Gasteiger partial charge < -0.3 is 16.0 Å². The Morgan fingerprint density at radius 1 is 1.07 bits per heavy atom. The predicted octanol–water partition coefficient (Wildman–Crippen LogP) is 3.51. The average molecular weight is 377 g/mol. The third-order valence-electron chi connectivity index (χ3n) is 6.14. The fourth-order valence-electron chi connectivity index (χ4n) is 4.27. The summed E-state index contributed by atoms with van der Waals surface area (Å²) in [5.74, 6) is 0.173. The van der Waals surface area contributed by atoms with Crippen LogP contribution in [0.4, 0.5) is 5.69 Å². The highest BCUT2D eigenvalue weighted by atomic mass is 16.2. The molecule has 2 aromatic rings. The first kappa shape index (κ1) is 18.7. The maximum Gasteiger partial charge on any atom is 0.255 e.